The molecule has 0 radical (unpaired) electrons. The fourth-order valence-corrected chi connectivity index (χ4v) is 3.65. The molecule has 124 valence electrons. The van der Waals surface area contributed by atoms with E-state index >= 15 is 0 Å². The second-order valence-corrected chi connectivity index (χ2v) is 6.74. The van der Waals surface area contributed by atoms with Crippen LogP contribution in [-0.2, 0) is 4.74 Å². The van der Waals surface area contributed by atoms with Gasteiger partial charge in [-0.2, -0.15) is 5.26 Å². The molecule has 0 bridgehead atoms. The van der Waals surface area contributed by atoms with Crippen molar-refractivity contribution in [2.24, 2.45) is 0 Å². The Morgan fingerprint density at radius 1 is 1.30 bits per heavy atom. The van der Waals surface area contributed by atoms with Gasteiger partial charge < -0.3 is 15.4 Å². The molecule has 0 amide bonds. The lowest BCUT2D eigenvalue weighted by Crippen LogP contribution is -2.35. The molecule has 1 saturated carbocycles. The third kappa shape index (κ3) is 3.49. The lowest BCUT2D eigenvalue weighted by molar-refractivity contribution is 0.130. The van der Waals surface area contributed by atoms with E-state index in [4.69, 9.17) is 10.5 Å². The van der Waals surface area contributed by atoms with E-state index in [2.05, 4.69) is 22.0 Å². The van der Waals surface area contributed by atoms with Crippen LogP contribution in [0.25, 0.3) is 0 Å². The molecule has 5 nitrogen and oxygen atoms in total. The Labute approximate surface area is 138 Å². The summed E-state index contributed by atoms with van der Waals surface area (Å²) < 4.78 is 5.16. The number of pyridine rings is 1. The fourth-order valence-electron chi connectivity index (χ4n) is 3.65. The monoisotopic (exact) mass is 314 g/mol. The lowest BCUT2D eigenvalue weighted by atomic mass is 9.80. The SMILES string of the molecule is COCCN1CCC(c2cc(C3CCC3)nc(N)c2C#N)CC1. The fraction of sp³-hybridized carbons (Fsp3) is 0.667. The van der Waals surface area contributed by atoms with Crippen molar-refractivity contribution in [3.05, 3.63) is 22.9 Å². The van der Waals surface area contributed by atoms with Crippen LogP contribution in [0.15, 0.2) is 6.07 Å². The number of nitrogens with zero attached hydrogens (tertiary/aromatic N) is 3. The number of piperidine rings is 1. The Balaban J connectivity index is 1.76. The van der Waals surface area contributed by atoms with Crippen molar-refractivity contribution in [1.82, 2.24) is 9.88 Å². The highest BCUT2D eigenvalue weighted by atomic mass is 16.5. The number of ether oxygens (including phenoxy) is 1. The molecule has 0 atom stereocenters. The molecule has 0 spiro atoms. The minimum absolute atomic E-state index is 0.424. The van der Waals surface area contributed by atoms with Gasteiger partial charge in [0.1, 0.15) is 11.9 Å². The van der Waals surface area contributed by atoms with Gasteiger partial charge in [-0.1, -0.05) is 6.42 Å². The molecule has 2 aliphatic rings. The van der Waals surface area contributed by atoms with Gasteiger partial charge >= 0.3 is 0 Å². The molecule has 3 rings (SSSR count). The molecule has 1 aromatic rings. The van der Waals surface area contributed by atoms with Gasteiger partial charge in [0, 0.05) is 25.3 Å². The molecule has 23 heavy (non-hydrogen) atoms. The molecule has 2 N–H and O–H groups in total. The zero-order valence-electron chi connectivity index (χ0n) is 13.9. The van der Waals surface area contributed by atoms with Crippen LogP contribution in [0, 0.1) is 11.3 Å². The largest absolute Gasteiger partial charge is 0.383 e. The normalized spacial score (nSPS) is 20.2. The van der Waals surface area contributed by atoms with Gasteiger partial charge in [-0.05, 0) is 56.3 Å². The third-order valence-corrected chi connectivity index (χ3v) is 5.37. The maximum atomic E-state index is 9.50. The number of aromatic nitrogens is 1. The van der Waals surface area contributed by atoms with Crippen molar-refractivity contribution >= 4 is 5.82 Å². The first kappa shape index (κ1) is 16.2. The van der Waals surface area contributed by atoms with Crippen molar-refractivity contribution in [3.8, 4) is 6.07 Å². The van der Waals surface area contributed by atoms with E-state index < -0.39 is 0 Å². The molecule has 2 heterocycles. The van der Waals surface area contributed by atoms with E-state index in [-0.39, 0.29) is 0 Å². The van der Waals surface area contributed by atoms with Gasteiger partial charge in [0.2, 0.25) is 0 Å². The van der Waals surface area contributed by atoms with E-state index in [9.17, 15) is 5.26 Å². The first-order valence-electron chi connectivity index (χ1n) is 8.64. The van der Waals surface area contributed by atoms with Crippen LogP contribution in [0.1, 0.15) is 60.8 Å². The summed E-state index contributed by atoms with van der Waals surface area (Å²) in [6, 6.07) is 4.46. The maximum absolute atomic E-state index is 9.50. The van der Waals surface area contributed by atoms with Crippen molar-refractivity contribution < 1.29 is 4.74 Å². The van der Waals surface area contributed by atoms with E-state index in [1.807, 2.05) is 0 Å². The smallest absolute Gasteiger partial charge is 0.141 e. The lowest BCUT2D eigenvalue weighted by Gasteiger charge is -2.33. The molecule has 2 fully saturated rings. The second kappa shape index (κ2) is 7.29. The molecule has 1 saturated heterocycles. The van der Waals surface area contributed by atoms with E-state index in [0.717, 1.165) is 50.3 Å². The number of nitrogens with two attached hydrogens (primary N) is 1. The van der Waals surface area contributed by atoms with Crippen molar-refractivity contribution in [2.45, 2.75) is 43.9 Å². The standard InChI is InChI=1S/C18H26N4O/c1-23-10-9-22-7-5-13(6-8-22)15-11-17(14-3-2-4-14)21-18(20)16(15)12-19/h11,13-14H,2-10H2,1H3,(H2,20,21). The molecule has 1 aliphatic carbocycles. The van der Waals surface area contributed by atoms with Gasteiger partial charge in [0.05, 0.1) is 12.2 Å². The number of nitrogen functional groups attached to an aromatic ring is 1. The summed E-state index contributed by atoms with van der Waals surface area (Å²) in [6.07, 6.45) is 5.83. The average molecular weight is 314 g/mol. The molecule has 1 aromatic heterocycles. The topological polar surface area (TPSA) is 75.2 Å². The van der Waals surface area contributed by atoms with Gasteiger partial charge in [-0.15, -0.1) is 0 Å². The number of nitriles is 1. The molecular formula is C18H26N4O. The Hall–Kier alpha value is -1.64. The Bertz CT molecular complexity index is 583. The Kier molecular flexibility index (Phi) is 5.14. The number of hydrogen-bond donors (Lipinski definition) is 1. The summed E-state index contributed by atoms with van der Waals surface area (Å²) in [5.74, 6) is 1.40. The second-order valence-electron chi connectivity index (χ2n) is 6.74. The summed E-state index contributed by atoms with van der Waals surface area (Å²) >= 11 is 0. The van der Waals surface area contributed by atoms with Crippen LogP contribution in [-0.4, -0.2) is 43.2 Å². The summed E-state index contributed by atoms with van der Waals surface area (Å²) in [4.78, 5) is 6.94. The zero-order valence-corrected chi connectivity index (χ0v) is 13.9. The zero-order chi connectivity index (χ0) is 16.2. The van der Waals surface area contributed by atoms with Crippen LogP contribution < -0.4 is 5.73 Å². The van der Waals surface area contributed by atoms with Gasteiger partial charge in [-0.25, -0.2) is 4.98 Å². The quantitative estimate of drug-likeness (QED) is 0.904. The van der Waals surface area contributed by atoms with Crippen LogP contribution in [0.2, 0.25) is 0 Å². The van der Waals surface area contributed by atoms with Crippen molar-refractivity contribution in [1.29, 1.82) is 5.26 Å². The van der Waals surface area contributed by atoms with Gasteiger partial charge in [-0.3, -0.25) is 0 Å². The summed E-state index contributed by atoms with van der Waals surface area (Å²) in [5.41, 5.74) is 8.92. The highest BCUT2D eigenvalue weighted by molar-refractivity contribution is 5.55. The van der Waals surface area contributed by atoms with E-state index in [1.54, 1.807) is 7.11 Å². The first-order chi connectivity index (χ1) is 11.2. The highest BCUT2D eigenvalue weighted by Crippen LogP contribution is 2.39. The van der Waals surface area contributed by atoms with Crippen molar-refractivity contribution in [2.75, 3.05) is 39.1 Å². The number of methoxy groups -OCH3 is 1. The van der Waals surface area contributed by atoms with Crippen molar-refractivity contribution in [3.63, 3.8) is 0 Å². The predicted molar refractivity (Wildman–Crippen MR) is 90.2 cm³/mol. The average Bonchev–Trinajstić information content (AvgIpc) is 2.51. The molecule has 1 aliphatic heterocycles. The number of likely N-dealkylation sites (tertiary alicyclic amines) is 1. The minimum atomic E-state index is 0.424. The van der Waals surface area contributed by atoms with Crippen LogP contribution in [0.4, 0.5) is 5.82 Å². The van der Waals surface area contributed by atoms with Gasteiger partial charge in [0.15, 0.2) is 0 Å². The molecule has 0 unspecified atom stereocenters. The van der Waals surface area contributed by atoms with Gasteiger partial charge in [0.25, 0.3) is 0 Å². The Morgan fingerprint density at radius 2 is 2.04 bits per heavy atom. The molecule has 0 aromatic carbocycles. The maximum Gasteiger partial charge on any atom is 0.141 e. The van der Waals surface area contributed by atoms with E-state index in [1.165, 1.54) is 19.3 Å². The summed E-state index contributed by atoms with van der Waals surface area (Å²) in [6.45, 7) is 3.88. The molecule has 5 heteroatoms. The number of rotatable bonds is 5. The van der Waals surface area contributed by atoms with Crippen LogP contribution >= 0.6 is 0 Å². The first-order valence-corrected chi connectivity index (χ1v) is 8.64. The summed E-state index contributed by atoms with van der Waals surface area (Å²) in [5, 5.41) is 9.50. The minimum Gasteiger partial charge on any atom is -0.383 e. The van der Waals surface area contributed by atoms with Crippen LogP contribution in [0.3, 0.4) is 0 Å². The molecular weight excluding hydrogens is 288 g/mol. The number of anilines is 1. The number of hydrogen-bond acceptors (Lipinski definition) is 5. The Morgan fingerprint density at radius 3 is 2.61 bits per heavy atom. The van der Waals surface area contributed by atoms with Crippen LogP contribution in [0.5, 0.6) is 0 Å². The third-order valence-electron chi connectivity index (χ3n) is 5.37. The van der Waals surface area contributed by atoms with E-state index in [0.29, 0.717) is 23.2 Å². The highest BCUT2D eigenvalue weighted by Gasteiger charge is 2.27. The predicted octanol–water partition coefficient (Wildman–Crippen LogP) is 2.63. The summed E-state index contributed by atoms with van der Waals surface area (Å²) in [7, 11) is 1.74.